The molecule has 2 heterocycles. The predicted molar refractivity (Wildman–Crippen MR) is 78.2 cm³/mol. The largest absolute Gasteiger partial charge is 0.384 e. The first-order valence-corrected chi connectivity index (χ1v) is 6.98. The Balaban J connectivity index is 2.13. The van der Waals surface area contributed by atoms with Crippen LogP contribution in [0.15, 0.2) is 33.4 Å². The molecule has 0 aliphatic heterocycles. The molecular formula is C13H9BrN2O2S. The smallest absolute Gasteiger partial charge is 0.257 e. The Hall–Kier alpha value is -1.68. The SMILES string of the molecule is O=C(Nc1cccc(C#CCO)n1)c1csc(Br)c1. The molecule has 2 N–H and O–H groups in total. The summed E-state index contributed by atoms with van der Waals surface area (Å²) in [5, 5.41) is 13.1. The quantitative estimate of drug-likeness (QED) is 0.828. The first-order valence-electron chi connectivity index (χ1n) is 5.31. The van der Waals surface area contributed by atoms with Crippen LogP contribution >= 0.6 is 27.3 Å². The van der Waals surface area contributed by atoms with Crippen molar-refractivity contribution in [2.75, 3.05) is 11.9 Å². The molecular weight excluding hydrogens is 328 g/mol. The van der Waals surface area contributed by atoms with E-state index in [1.54, 1.807) is 29.6 Å². The summed E-state index contributed by atoms with van der Waals surface area (Å²) in [5.74, 6) is 5.40. The molecule has 0 aliphatic rings. The molecule has 0 saturated carbocycles. The van der Waals surface area contributed by atoms with Gasteiger partial charge in [0.25, 0.3) is 5.91 Å². The monoisotopic (exact) mass is 336 g/mol. The van der Waals surface area contributed by atoms with Crippen molar-refractivity contribution in [3.05, 3.63) is 44.7 Å². The molecule has 0 aromatic carbocycles. The van der Waals surface area contributed by atoms with Crippen molar-refractivity contribution >= 4 is 39.0 Å². The molecule has 0 bridgehead atoms. The number of hydrogen-bond acceptors (Lipinski definition) is 4. The standard InChI is InChI=1S/C13H9BrN2O2S/c14-11-7-9(8-19-11)13(18)16-12-5-1-3-10(15-12)4-2-6-17/h1,3,5,7-8,17H,6H2,(H,15,16,18). The van der Waals surface area contributed by atoms with Crippen LogP contribution < -0.4 is 5.32 Å². The number of pyridine rings is 1. The molecule has 2 aromatic heterocycles. The topological polar surface area (TPSA) is 62.2 Å². The zero-order valence-corrected chi connectivity index (χ0v) is 12.1. The molecule has 19 heavy (non-hydrogen) atoms. The first-order chi connectivity index (χ1) is 9.19. The molecule has 96 valence electrons. The van der Waals surface area contributed by atoms with Crippen LogP contribution in [-0.4, -0.2) is 22.6 Å². The van der Waals surface area contributed by atoms with E-state index in [2.05, 4.69) is 38.1 Å². The Morgan fingerprint density at radius 1 is 1.53 bits per heavy atom. The van der Waals surface area contributed by atoms with E-state index in [9.17, 15) is 4.79 Å². The number of nitrogens with one attached hydrogen (secondary N) is 1. The van der Waals surface area contributed by atoms with E-state index in [0.717, 1.165) is 3.79 Å². The second kappa shape index (κ2) is 6.48. The van der Waals surface area contributed by atoms with E-state index in [0.29, 0.717) is 17.1 Å². The van der Waals surface area contributed by atoms with Crippen molar-refractivity contribution in [1.82, 2.24) is 4.98 Å². The van der Waals surface area contributed by atoms with Crippen LogP contribution in [0.1, 0.15) is 16.1 Å². The summed E-state index contributed by atoms with van der Waals surface area (Å²) in [6, 6.07) is 6.88. The van der Waals surface area contributed by atoms with E-state index in [1.165, 1.54) is 11.3 Å². The normalized spacial score (nSPS) is 9.58. The van der Waals surface area contributed by atoms with E-state index < -0.39 is 0 Å². The summed E-state index contributed by atoms with van der Waals surface area (Å²) < 4.78 is 0.896. The lowest BCUT2D eigenvalue weighted by molar-refractivity contribution is 0.102. The third-order valence-electron chi connectivity index (χ3n) is 2.12. The number of halogens is 1. The van der Waals surface area contributed by atoms with Crippen LogP contribution in [0.4, 0.5) is 5.82 Å². The van der Waals surface area contributed by atoms with Gasteiger partial charge in [-0.15, -0.1) is 11.3 Å². The van der Waals surface area contributed by atoms with Crippen molar-refractivity contribution in [2.45, 2.75) is 0 Å². The molecule has 0 spiro atoms. The van der Waals surface area contributed by atoms with Gasteiger partial charge in [-0.3, -0.25) is 4.79 Å². The van der Waals surface area contributed by atoms with Gasteiger partial charge in [-0.1, -0.05) is 12.0 Å². The minimum atomic E-state index is -0.221. The van der Waals surface area contributed by atoms with Crippen LogP contribution in [0.3, 0.4) is 0 Å². The van der Waals surface area contributed by atoms with Crippen LogP contribution in [0.5, 0.6) is 0 Å². The fourth-order valence-corrected chi connectivity index (χ4v) is 2.46. The lowest BCUT2D eigenvalue weighted by Crippen LogP contribution is -2.12. The molecule has 0 unspecified atom stereocenters. The van der Waals surface area contributed by atoms with Crippen molar-refractivity contribution in [3.8, 4) is 11.8 Å². The van der Waals surface area contributed by atoms with Gasteiger partial charge in [-0.25, -0.2) is 4.98 Å². The maximum absolute atomic E-state index is 11.9. The van der Waals surface area contributed by atoms with Gasteiger partial charge in [0, 0.05) is 5.38 Å². The summed E-state index contributed by atoms with van der Waals surface area (Å²) in [4.78, 5) is 16.1. The average Bonchev–Trinajstić information content (AvgIpc) is 2.83. The molecule has 2 aromatic rings. The number of rotatable bonds is 2. The Bertz CT molecular complexity index is 658. The van der Waals surface area contributed by atoms with Crippen molar-refractivity contribution < 1.29 is 9.90 Å². The highest BCUT2D eigenvalue weighted by atomic mass is 79.9. The average molecular weight is 337 g/mol. The summed E-state index contributed by atoms with van der Waals surface area (Å²) >= 11 is 4.75. The number of aliphatic hydroxyl groups excluding tert-OH is 1. The summed E-state index contributed by atoms with van der Waals surface area (Å²) in [6.45, 7) is -0.221. The molecule has 0 atom stereocenters. The highest BCUT2D eigenvalue weighted by molar-refractivity contribution is 9.11. The van der Waals surface area contributed by atoms with E-state index in [-0.39, 0.29) is 12.5 Å². The highest BCUT2D eigenvalue weighted by Gasteiger charge is 2.08. The Kier molecular flexibility index (Phi) is 4.68. The van der Waals surface area contributed by atoms with E-state index in [1.807, 2.05) is 0 Å². The Labute approximate surface area is 122 Å². The molecule has 1 amide bonds. The summed E-state index contributed by atoms with van der Waals surface area (Å²) in [7, 11) is 0. The van der Waals surface area contributed by atoms with Gasteiger partial charge in [0.15, 0.2) is 0 Å². The minimum Gasteiger partial charge on any atom is -0.384 e. The maximum atomic E-state index is 11.9. The minimum absolute atomic E-state index is 0.221. The first kappa shape index (κ1) is 13.7. The number of carbonyl (C=O) groups excluding carboxylic acids is 1. The summed E-state index contributed by atoms with van der Waals surface area (Å²) in [5.41, 5.74) is 1.07. The zero-order chi connectivity index (χ0) is 13.7. The molecule has 0 radical (unpaired) electrons. The number of hydrogen-bond donors (Lipinski definition) is 2. The summed E-state index contributed by atoms with van der Waals surface area (Å²) in [6.07, 6.45) is 0. The third kappa shape index (κ3) is 3.89. The number of carbonyl (C=O) groups is 1. The van der Waals surface area contributed by atoms with E-state index >= 15 is 0 Å². The Morgan fingerprint density at radius 2 is 2.37 bits per heavy atom. The second-order valence-corrected chi connectivity index (χ2v) is 5.75. The highest BCUT2D eigenvalue weighted by Crippen LogP contribution is 2.21. The third-order valence-corrected chi connectivity index (χ3v) is 3.62. The molecule has 2 rings (SSSR count). The van der Waals surface area contributed by atoms with Crippen LogP contribution in [-0.2, 0) is 0 Å². The van der Waals surface area contributed by atoms with Crippen LogP contribution in [0, 0.1) is 11.8 Å². The van der Waals surface area contributed by atoms with Crippen LogP contribution in [0.25, 0.3) is 0 Å². The van der Waals surface area contributed by atoms with E-state index in [4.69, 9.17) is 5.11 Å². The fraction of sp³-hybridized carbons (Fsp3) is 0.0769. The number of aliphatic hydroxyl groups is 1. The lowest BCUT2D eigenvalue weighted by Gasteiger charge is -2.02. The number of anilines is 1. The van der Waals surface area contributed by atoms with Gasteiger partial charge in [0.2, 0.25) is 0 Å². The van der Waals surface area contributed by atoms with Crippen molar-refractivity contribution in [3.63, 3.8) is 0 Å². The number of amides is 1. The molecule has 6 heteroatoms. The number of nitrogens with zero attached hydrogens (tertiary/aromatic N) is 1. The van der Waals surface area contributed by atoms with Crippen molar-refractivity contribution in [2.24, 2.45) is 0 Å². The Morgan fingerprint density at radius 3 is 3.05 bits per heavy atom. The number of aromatic nitrogens is 1. The predicted octanol–water partition coefficient (Wildman–Crippen LogP) is 2.50. The van der Waals surface area contributed by atoms with Gasteiger partial charge in [-0.05, 0) is 40.0 Å². The lowest BCUT2D eigenvalue weighted by atomic mass is 10.3. The van der Waals surface area contributed by atoms with Gasteiger partial charge < -0.3 is 10.4 Å². The zero-order valence-electron chi connectivity index (χ0n) is 9.68. The van der Waals surface area contributed by atoms with Gasteiger partial charge in [0.1, 0.15) is 18.1 Å². The van der Waals surface area contributed by atoms with Crippen molar-refractivity contribution in [1.29, 1.82) is 0 Å². The van der Waals surface area contributed by atoms with Gasteiger partial charge in [0.05, 0.1) is 9.35 Å². The van der Waals surface area contributed by atoms with Gasteiger partial charge in [-0.2, -0.15) is 0 Å². The maximum Gasteiger partial charge on any atom is 0.257 e. The van der Waals surface area contributed by atoms with Gasteiger partial charge >= 0.3 is 0 Å². The molecule has 0 fully saturated rings. The number of thiophene rings is 1. The fourth-order valence-electron chi connectivity index (χ4n) is 1.32. The molecule has 0 saturated heterocycles. The molecule has 4 nitrogen and oxygen atoms in total. The second-order valence-electron chi connectivity index (χ2n) is 3.46. The van der Waals surface area contributed by atoms with Crippen LogP contribution in [0.2, 0.25) is 0 Å². The molecule has 0 aliphatic carbocycles.